The Morgan fingerprint density at radius 3 is 2.57 bits per heavy atom. The van der Waals surface area contributed by atoms with E-state index < -0.39 is 0 Å². The summed E-state index contributed by atoms with van der Waals surface area (Å²) in [7, 11) is 0. The van der Waals surface area contributed by atoms with Gasteiger partial charge in [-0.1, -0.05) is 12.1 Å². The highest BCUT2D eigenvalue weighted by atomic mass is 16.3. The molecule has 2 atom stereocenters. The van der Waals surface area contributed by atoms with Gasteiger partial charge in [0.05, 0.1) is 25.0 Å². The van der Waals surface area contributed by atoms with Crippen LogP contribution in [0.15, 0.2) is 48.9 Å². The largest absolute Gasteiger partial charge is 0.395 e. The molecule has 10 heteroatoms. The van der Waals surface area contributed by atoms with Gasteiger partial charge in [0.1, 0.15) is 17.6 Å². The molecule has 0 spiro atoms. The molecule has 2 aromatic heterocycles. The Bertz CT molecular complexity index is 1270. The van der Waals surface area contributed by atoms with Crippen molar-refractivity contribution in [3.8, 4) is 17.2 Å². The fraction of sp³-hybridized carbons (Fsp3) is 0.280. The fourth-order valence-electron chi connectivity index (χ4n) is 4.26. The number of nitrogens with one attached hydrogen (secondary N) is 2. The SMILES string of the molecule is CC(=O)N1c2ccc(-c3ccc(C(=O)NCCO)nc3)cc2[C@H](Nc2cnc(C#N)cn2)C[C@@H]1C. The highest BCUT2D eigenvalue weighted by molar-refractivity contribution is 5.94. The number of pyridine rings is 1. The first-order valence-electron chi connectivity index (χ1n) is 11.2. The molecule has 1 aliphatic rings. The molecule has 0 radical (unpaired) electrons. The number of anilines is 2. The molecule has 1 aromatic carbocycles. The maximum Gasteiger partial charge on any atom is 0.269 e. The minimum atomic E-state index is -0.352. The number of aliphatic hydroxyl groups excluding tert-OH is 1. The molecular weight excluding hydrogens is 446 g/mol. The zero-order valence-electron chi connectivity index (χ0n) is 19.4. The molecule has 35 heavy (non-hydrogen) atoms. The van der Waals surface area contributed by atoms with Crippen LogP contribution in [0.25, 0.3) is 11.1 Å². The number of fused-ring (bicyclic) bond motifs is 1. The Balaban J connectivity index is 1.67. The number of benzene rings is 1. The van der Waals surface area contributed by atoms with Gasteiger partial charge in [0.2, 0.25) is 5.91 Å². The molecule has 3 aromatic rings. The average molecular weight is 472 g/mol. The summed E-state index contributed by atoms with van der Waals surface area (Å²) in [5.41, 5.74) is 3.93. The lowest BCUT2D eigenvalue weighted by molar-refractivity contribution is -0.117. The van der Waals surface area contributed by atoms with Gasteiger partial charge in [-0.2, -0.15) is 5.26 Å². The number of carbonyl (C=O) groups excluding carboxylic acids is 2. The van der Waals surface area contributed by atoms with Gasteiger partial charge in [-0.05, 0) is 42.7 Å². The number of hydrogen-bond acceptors (Lipinski definition) is 8. The quantitative estimate of drug-likeness (QED) is 0.497. The fourth-order valence-corrected chi connectivity index (χ4v) is 4.26. The second-order valence-corrected chi connectivity index (χ2v) is 8.25. The molecule has 0 bridgehead atoms. The van der Waals surface area contributed by atoms with Crippen molar-refractivity contribution in [1.29, 1.82) is 5.26 Å². The number of rotatable bonds is 6. The van der Waals surface area contributed by atoms with E-state index in [1.54, 1.807) is 24.1 Å². The van der Waals surface area contributed by atoms with E-state index in [4.69, 9.17) is 10.4 Å². The predicted octanol–water partition coefficient (Wildman–Crippen LogP) is 2.43. The van der Waals surface area contributed by atoms with Gasteiger partial charge in [-0.15, -0.1) is 0 Å². The third-order valence-corrected chi connectivity index (χ3v) is 5.83. The lowest BCUT2D eigenvalue weighted by Crippen LogP contribution is -2.43. The predicted molar refractivity (Wildman–Crippen MR) is 129 cm³/mol. The molecule has 0 unspecified atom stereocenters. The molecule has 3 N–H and O–H groups in total. The first-order valence-corrected chi connectivity index (χ1v) is 11.2. The van der Waals surface area contributed by atoms with Crippen LogP contribution in [0.4, 0.5) is 11.5 Å². The highest BCUT2D eigenvalue weighted by Crippen LogP contribution is 2.40. The Morgan fingerprint density at radius 1 is 1.14 bits per heavy atom. The van der Waals surface area contributed by atoms with Crippen LogP contribution in [-0.4, -0.2) is 51.1 Å². The summed E-state index contributed by atoms with van der Waals surface area (Å²) in [6, 6.07) is 11.1. The maximum absolute atomic E-state index is 12.4. The van der Waals surface area contributed by atoms with E-state index in [-0.39, 0.29) is 48.4 Å². The van der Waals surface area contributed by atoms with Crippen LogP contribution in [-0.2, 0) is 4.79 Å². The Kier molecular flexibility index (Phi) is 6.98. The Hall–Kier alpha value is -4.36. The average Bonchev–Trinajstić information content (AvgIpc) is 2.87. The van der Waals surface area contributed by atoms with E-state index in [0.717, 1.165) is 22.4 Å². The molecule has 3 heterocycles. The number of hydrogen-bond donors (Lipinski definition) is 3. The number of aromatic nitrogens is 3. The summed E-state index contributed by atoms with van der Waals surface area (Å²) < 4.78 is 0. The number of carbonyl (C=O) groups is 2. The topological polar surface area (TPSA) is 144 Å². The van der Waals surface area contributed by atoms with Crippen molar-refractivity contribution in [2.45, 2.75) is 32.4 Å². The Morgan fingerprint density at radius 2 is 1.94 bits per heavy atom. The number of nitriles is 1. The van der Waals surface area contributed by atoms with Crippen molar-refractivity contribution < 1.29 is 14.7 Å². The molecule has 178 valence electrons. The lowest BCUT2D eigenvalue weighted by atomic mass is 9.89. The summed E-state index contributed by atoms with van der Waals surface area (Å²) in [5.74, 6) is 0.145. The molecule has 0 fully saturated rings. The van der Waals surface area contributed by atoms with Crippen LogP contribution >= 0.6 is 0 Å². The van der Waals surface area contributed by atoms with Gasteiger partial charge in [-0.3, -0.25) is 14.6 Å². The van der Waals surface area contributed by atoms with Crippen LogP contribution in [0.2, 0.25) is 0 Å². The van der Waals surface area contributed by atoms with E-state index in [0.29, 0.717) is 12.2 Å². The van der Waals surface area contributed by atoms with Crippen molar-refractivity contribution in [2.75, 3.05) is 23.4 Å². The zero-order chi connectivity index (χ0) is 24.9. The molecule has 4 rings (SSSR count). The van der Waals surface area contributed by atoms with Crippen molar-refractivity contribution in [2.24, 2.45) is 0 Å². The third-order valence-electron chi connectivity index (χ3n) is 5.83. The molecule has 0 aliphatic carbocycles. The van der Waals surface area contributed by atoms with Gasteiger partial charge in [0, 0.05) is 37.0 Å². The lowest BCUT2D eigenvalue weighted by Gasteiger charge is -2.39. The first-order chi connectivity index (χ1) is 16.9. The second-order valence-electron chi connectivity index (χ2n) is 8.25. The molecule has 0 saturated heterocycles. The van der Waals surface area contributed by atoms with Crippen molar-refractivity contribution >= 4 is 23.3 Å². The van der Waals surface area contributed by atoms with Crippen LogP contribution in [0.3, 0.4) is 0 Å². The van der Waals surface area contributed by atoms with Crippen molar-refractivity contribution in [3.63, 3.8) is 0 Å². The smallest absolute Gasteiger partial charge is 0.269 e. The van der Waals surface area contributed by atoms with E-state index in [9.17, 15) is 9.59 Å². The second kappa shape index (κ2) is 10.3. The minimum Gasteiger partial charge on any atom is -0.395 e. The summed E-state index contributed by atoms with van der Waals surface area (Å²) >= 11 is 0. The first kappa shape index (κ1) is 23.8. The summed E-state index contributed by atoms with van der Waals surface area (Å²) in [6.45, 7) is 3.58. The van der Waals surface area contributed by atoms with Gasteiger partial charge < -0.3 is 20.6 Å². The van der Waals surface area contributed by atoms with E-state index in [1.807, 2.05) is 37.3 Å². The van der Waals surface area contributed by atoms with E-state index >= 15 is 0 Å². The standard InChI is InChI=1S/C25H25N7O3/c1-15-9-22(31-24-14-28-19(11-26)13-30-24)20-10-17(4-6-23(20)32(15)16(2)34)18-3-5-21(29-12-18)25(35)27-7-8-33/h3-6,10,12-15,22,33H,7-9H2,1-2H3,(H,27,35)(H,30,31)/t15-,22+/m0/s1. The summed E-state index contributed by atoms with van der Waals surface area (Å²) in [5, 5.41) is 23.8. The van der Waals surface area contributed by atoms with Gasteiger partial charge in [0.15, 0.2) is 5.69 Å². The summed E-state index contributed by atoms with van der Waals surface area (Å²) in [4.78, 5) is 38.9. The van der Waals surface area contributed by atoms with E-state index in [1.165, 1.54) is 12.4 Å². The number of aliphatic hydroxyl groups is 1. The van der Waals surface area contributed by atoms with Gasteiger partial charge in [0.25, 0.3) is 5.91 Å². The van der Waals surface area contributed by atoms with Crippen LogP contribution < -0.4 is 15.5 Å². The number of nitrogens with zero attached hydrogens (tertiary/aromatic N) is 5. The normalized spacial score (nSPS) is 16.7. The highest BCUT2D eigenvalue weighted by Gasteiger charge is 2.33. The van der Waals surface area contributed by atoms with Crippen LogP contribution in [0, 0.1) is 11.3 Å². The van der Waals surface area contributed by atoms with Crippen molar-refractivity contribution in [1.82, 2.24) is 20.3 Å². The van der Waals surface area contributed by atoms with Crippen molar-refractivity contribution in [3.05, 3.63) is 65.9 Å². The maximum atomic E-state index is 12.4. The molecular formula is C25H25N7O3. The monoisotopic (exact) mass is 471 g/mol. The number of amides is 2. The summed E-state index contributed by atoms with van der Waals surface area (Å²) in [6.07, 6.45) is 5.21. The van der Waals surface area contributed by atoms with E-state index in [2.05, 4.69) is 25.6 Å². The molecule has 2 amide bonds. The van der Waals surface area contributed by atoms with Crippen LogP contribution in [0.1, 0.15) is 48.1 Å². The molecule has 1 aliphatic heterocycles. The Labute approximate surface area is 202 Å². The third kappa shape index (κ3) is 5.10. The zero-order valence-corrected chi connectivity index (χ0v) is 19.4. The minimum absolute atomic E-state index is 0.0342. The van der Waals surface area contributed by atoms with Gasteiger partial charge in [-0.25, -0.2) is 9.97 Å². The van der Waals surface area contributed by atoms with Gasteiger partial charge >= 0.3 is 0 Å². The van der Waals surface area contributed by atoms with Crippen LogP contribution in [0.5, 0.6) is 0 Å². The molecule has 0 saturated carbocycles. The molecule has 10 nitrogen and oxygen atoms in total.